The molecule has 32 heavy (non-hydrogen) atoms. The van der Waals surface area contributed by atoms with Gasteiger partial charge in [0.25, 0.3) is 5.91 Å². The van der Waals surface area contributed by atoms with E-state index in [1.807, 2.05) is 31.2 Å². The first-order valence-electron chi connectivity index (χ1n) is 10.1. The van der Waals surface area contributed by atoms with Gasteiger partial charge in [0.05, 0.1) is 18.8 Å². The molecule has 7 nitrogen and oxygen atoms in total. The van der Waals surface area contributed by atoms with Gasteiger partial charge < -0.3 is 19.5 Å². The first kappa shape index (κ1) is 22.9. The molecular weight excluding hydrogens is 420 g/mol. The molecule has 0 radical (unpaired) electrons. The van der Waals surface area contributed by atoms with Crippen LogP contribution in [0.3, 0.4) is 0 Å². The lowest BCUT2D eigenvalue weighted by Gasteiger charge is -2.15. The van der Waals surface area contributed by atoms with Crippen LogP contribution >= 0.6 is 0 Å². The number of halogens is 2. The lowest BCUT2D eigenvalue weighted by atomic mass is 10.1. The summed E-state index contributed by atoms with van der Waals surface area (Å²) in [6.07, 6.45) is -0.969. The van der Waals surface area contributed by atoms with Gasteiger partial charge in [0, 0.05) is 17.7 Å². The highest BCUT2D eigenvalue weighted by Gasteiger charge is 2.16. The van der Waals surface area contributed by atoms with Crippen molar-refractivity contribution in [1.29, 1.82) is 0 Å². The highest BCUT2D eigenvalue weighted by atomic mass is 19.1. The molecule has 1 unspecified atom stereocenters. The van der Waals surface area contributed by atoms with Gasteiger partial charge >= 0.3 is 0 Å². The monoisotopic (exact) mass is 443 g/mol. The van der Waals surface area contributed by atoms with E-state index in [0.717, 1.165) is 23.4 Å². The highest BCUT2D eigenvalue weighted by Crippen LogP contribution is 2.21. The molecule has 1 aromatic heterocycles. The van der Waals surface area contributed by atoms with E-state index in [9.17, 15) is 13.6 Å². The molecule has 9 heteroatoms. The molecule has 168 valence electrons. The Labute approximate surface area is 184 Å². The zero-order valence-electron chi connectivity index (χ0n) is 17.7. The minimum absolute atomic E-state index is 0.153. The van der Waals surface area contributed by atoms with E-state index >= 15 is 0 Å². The average Bonchev–Trinajstić information content (AvgIpc) is 2.79. The number of hydrogen-bond acceptors (Lipinski definition) is 6. The fourth-order valence-electron chi connectivity index (χ4n) is 2.73. The van der Waals surface area contributed by atoms with E-state index in [1.165, 1.54) is 6.92 Å². The topological polar surface area (TPSA) is 82.6 Å². The second-order valence-corrected chi connectivity index (χ2v) is 6.69. The minimum Gasteiger partial charge on any atom is -0.494 e. The Bertz CT molecular complexity index is 1030. The van der Waals surface area contributed by atoms with E-state index in [0.29, 0.717) is 24.2 Å². The van der Waals surface area contributed by atoms with Crippen molar-refractivity contribution in [1.82, 2.24) is 15.5 Å². The molecular formula is C23H23F2N3O4. The third-order valence-electron chi connectivity index (χ3n) is 4.32. The zero-order valence-corrected chi connectivity index (χ0v) is 17.7. The number of ether oxygens (including phenoxy) is 3. The van der Waals surface area contributed by atoms with Crippen LogP contribution in [0, 0.1) is 11.6 Å². The van der Waals surface area contributed by atoms with Crippen molar-refractivity contribution in [3.8, 4) is 28.6 Å². The van der Waals surface area contributed by atoms with Crippen molar-refractivity contribution in [3.63, 3.8) is 0 Å². The van der Waals surface area contributed by atoms with E-state index < -0.39 is 23.6 Å². The summed E-state index contributed by atoms with van der Waals surface area (Å²) in [7, 11) is 0. The van der Waals surface area contributed by atoms with Crippen molar-refractivity contribution in [2.45, 2.75) is 20.0 Å². The van der Waals surface area contributed by atoms with Gasteiger partial charge in [-0.3, -0.25) is 4.79 Å². The predicted octanol–water partition coefficient (Wildman–Crippen LogP) is 3.78. The van der Waals surface area contributed by atoms with Crippen LogP contribution in [0.4, 0.5) is 8.78 Å². The number of aromatic nitrogens is 2. The SMILES string of the molecule is CCOc1ccc(-c2ccc(OCCNC(=O)C(C)Oc3ccc(F)cc3F)nn2)cc1. The number of amides is 1. The number of rotatable bonds is 10. The zero-order chi connectivity index (χ0) is 22.9. The molecule has 0 aliphatic rings. The summed E-state index contributed by atoms with van der Waals surface area (Å²) >= 11 is 0. The molecule has 0 aliphatic heterocycles. The van der Waals surface area contributed by atoms with Gasteiger partial charge in [-0.15, -0.1) is 10.2 Å². The van der Waals surface area contributed by atoms with Crippen molar-refractivity contribution in [2.75, 3.05) is 19.8 Å². The van der Waals surface area contributed by atoms with Crippen LogP contribution in [0.2, 0.25) is 0 Å². The molecule has 0 aliphatic carbocycles. The predicted molar refractivity (Wildman–Crippen MR) is 114 cm³/mol. The van der Waals surface area contributed by atoms with Crippen LogP contribution < -0.4 is 19.5 Å². The molecule has 3 rings (SSSR count). The number of hydrogen-bond donors (Lipinski definition) is 1. The maximum Gasteiger partial charge on any atom is 0.260 e. The quantitative estimate of drug-likeness (QED) is 0.480. The van der Waals surface area contributed by atoms with Gasteiger partial charge in [0.15, 0.2) is 17.7 Å². The highest BCUT2D eigenvalue weighted by molar-refractivity contribution is 5.80. The van der Waals surface area contributed by atoms with Gasteiger partial charge in [-0.05, 0) is 56.3 Å². The minimum atomic E-state index is -0.969. The summed E-state index contributed by atoms with van der Waals surface area (Å²) in [5.74, 6) is -1.16. The number of nitrogens with zero attached hydrogens (tertiary/aromatic N) is 2. The van der Waals surface area contributed by atoms with Gasteiger partial charge in [-0.2, -0.15) is 0 Å². The first-order valence-corrected chi connectivity index (χ1v) is 10.1. The summed E-state index contributed by atoms with van der Waals surface area (Å²) in [5, 5.41) is 10.8. The molecule has 0 saturated heterocycles. The number of nitrogens with one attached hydrogen (secondary N) is 1. The molecule has 0 spiro atoms. The van der Waals surface area contributed by atoms with Gasteiger partial charge in [0.1, 0.15) is 18.2 Å². The molecule has 3 aromatic rings. The summed E-state index contributed by atoms with van der Waals surface area (Å²) < 4.78 is 42.7. The third kappa shape index (κ3) is 6.37. The first-order chi connectivity index (χ1) is 15.5. The average molecular weight is 443 g/mol. The fourth-order valence-corrected chi connectivity index (χ4v) is 2.73. The van der Waals surface area contributed by atoms with Crippen molar-refractivity contribution >= 4 is 5.91 Å². The fraction of sp³-hybridized carbons (Fsp3) is 0.261. The Balaban J connectivity index is 1.42. The number of benzene rings is 2. The molecule has 1 atom stereocenters. The lowest BCUT2D eigenvalue weighted by Crippen LogP contribution is -2.38. The van der Waals surface area contributed by atoms with Crippen LogP contribution in [-0.4, -0.2) is 42.0 Å². The second-order valence-electron chi connectivity index (χ2n) is 6.69. The standard InChI is InChI=1S/C23H23F2N3O4/c1-3-30-18-7-4-16(5-8-18)20-9-11-22(28-27-20)31-13-12-26-23(29)15(2)32-21-10-6-17(24)14-19(21)25/h4-11,14-15H,3,12-13H2,1-2H3,(H,26,29). The van der Waals surface area contributed by atoms with Crippen molar-refractivity contribution in [3.05, 3.63) is 66.2 Å². The lowest BCUT2D eigenvalue weighted by molar-refractivity contribution is -0.127. The van der Waals surface area contributed by atoms with E-state index in [-0.39, 0.29) is 18.9 Å². The van der Waals surface area contributed by atoms with Gasteiger partial charge in [-0.1, -0.05) is 0 Å². The molecule has 1 N–H and O–H groups in total. The second kappa shape index (κ2) is 11.0. The maximum absolute atomic E-state index is 13.6. The third-order valence-corrected chi connectivity index (χ3v) is 4.32. The Morgan fingerprint density at radius 3 is 2.47 bits per heavy atom. The van der Waals surface area contributed by atoms with E-state index in [1.54, 1.807) is 12.1 Å². The van der Waals surface area contributed by atoms with Gasteiger partial charge in [0.2, 0.25) is 5.88 Å². The number of carbonyl (C=O) groups is 1. The van der Waals surface area contributed by atoms with Crippen LogP contribution in [0.1, 0.15) is 13.8 Å². The maximum atomic E-state index is 13.6. The molecule has 1 heterocycles. The molecule has 0 saturated carbocycles. The summed E-state index contributed by atoms with van der Waals surface area (Å²) in [6, 6.07) is 13.9. The van der Waals surface area contributed by atoms with Crippen LogP contribution in [0.25, 0.3) is 11.3 Å². The van der Waals surface area contributed by atoms with Crippen LogP contribution in [0.15, 0.2) is 54.6 Å². The Kier molecular flexibility index (Phi) is 7.91. The van der Waals surface area contributed by atoms with Gasteiger partial charge in [-0.25, -0.2) is 8.78 Å². The summed E-state index contributed by atoms with van der Waals surface area (Å²) in [6.45, 7) is 4.32. The van der Waals surface area contributed by atoms with Crippen molar-refractivity contribution < 1.29 is 27.8 Å². The Morgan fingerprint density at radius 2 is 1.81 bits per heavy atom. The van der Waals surface area contributed by atoms with E-state index in [2.05, 4.69) is 15.5 Å². The largest absolute Gasteiger partial charge is 0.494 e. The smallest absolute Gasteiger partial charge is 0.260 e. The molecule has 2 aromatic carbocycles. The Hall–Kier alpha value is -3.75. The molecule has 0 bridgehead atoms. The van der Waals surface area contributed by atoms with Crippen molar-refractivity contribution in [2.24, 2.45) is 0 Å². The van der Waals surface area contributed by atoms with E-state index in [4.69, 9.17) is 14.2 Å². The number of carbonyl (C=O) groups excluding carboxylic acids is 1. The molecule has 1 amide bonds. The summed E-state index contributed by atoms with van der Waals surface area (Å²) in [5.41, 5.74) is 1.58. The molecule has 0 fully saturated rings. The summed E-state index contributed by atoms with van der Waals surface area (Å²) in [4.78, 5) is 12.1. The normalized spacial score (nSPS) is 11.5. The van der Waals surface area contributed by atoms with Crippen LogP contribution in [-0.2, 0) is 4.79 Å². The van der Waals surface area contributed by atoms with Crippen LogP contribution in [0.5, 0.6) is 17.4 Å². The Morgan fingerprint density at radius 1 is 1.03 bits per heavy atom.